The van der Waals surface area contributed by atoms with Crippen LogP contribution in [0, 0.1) is 48.5 Å². The van der Waals surface area contributed by atoms with Crippen molar-refractivity contribution in [1.82, 2.24) is 0 Å². The van der Waals surface area contributed by atoms with Gasteiger partial charge in [-0.05, 0) is 111 Å². The van der Waals surface area contributed by atoms with E-state index >= 15 is 0 Å². The Kier molecular flexibility index (Phi) is 5.35. The van der Waals surface area contributed by atoms with E-state index in [1.54, 1.807) is 0 Å². The number of benzene rings is 3. The number of hydrogen-bond donors (Lipinski definition) is 0. The zero-order valence-corrected chi connectivity index (χ0v) is 18.0. The Morgan fingerprint density at radius 2 is 0.846 bits per heavy atom. The van der Waals surface area contributed by atoms with Gasteiger partial charge < -0.3 is 0 Å². The Balaban J connectivity index is 2.36. The molecule has 26 heavy (non-hydrogen) atoms. The molecule has 0 N–H and O–H groups in total. The summed E-state index contributed by atoms with van der Waals surface area (Å²) in [6.07, 6.45) is 0. The van der Waals surface area contributed by atoms with Crippen molar-refractivity contribution >= 4 is 23.8 Å². The maximum atomic E-state index is 2.37. The molecule has 0 atom stereocenters. The molecule has 0 aliphatic rings. The van der Waals surface area contributed by atoms with E-state index in [4.69, 9.17) is 0 Å². The van der Waals surface area contributed by atoms with E-state index in [0.717, 1.165) is 0 Å². The van der Waals surface area contributed by atoms with E-state index in [1.807, 2.05) is 0 Å². The Hall–Kier alpha value is -1.91. The summed E-state index contributed by atoms with van der Waals surface area (Å²) in [5, 5.41) is 4.46. The zero-order chi connectivity index (χ0) is 19.0. The van der Waals surface area contributed by atoms with Gasteiger partial charge in [-0.3, -0.25) is 0 Å². The lowest BCUT2D eigenvalue weighted by Crippen LogP contribution is -2.27. The minimum absolute atomic E-state index is 0.569. The molecular formula is C25H29P. The molecule has 0 nitrogen and oxygen atoms in total. The molecule has 0 spiro atoms. The molecule has 0 saturated heterocycles. The van der Waals surface area contributed by atoms with Crippen molar-refractivity contribution in [2.24, 2.45) is 0 Å². The number of hydrogen-bond acceptors (Lipinski definition) is 0. The first-order valence-corrected chi connectivity index (χ1v) is 10.7. The second-order valence-electron chi connectivity index (χ2n) is 7.43. The van der Waals surface area contributed by atoms with E-state index in [1.165, 1.54) is 54.9 Å². The lowest BCUT2D eigenvalue weighted by molar-refractivity contribution is 1.28. The van der Waals surface area contributed by atoms with E-state index < -0.39 is 7.92 Å². The van der Waals surface area contributed by atoms with Gasteiger partial charge in [0, 0.05) is 0 Å². The summed E-state index contributed by atoms with van der Waals surface area (Å²) in [5.74, 6) is 0. The van der Waals surface area contributed by atoms with Crippen molar-refractivity contribution in [2.75, 3.05) is 0 Å². The highest BCUT2D eigenvalue weighted by molar-refractivity contribution is 7.80. The van der Waals surface area contributed by atoms with Crippen LogP contribution >= 0.6 is 7.92 Å². The van der Waals surface area contributed by atoms with Gasteiger partial charge in [-0.15, -0.1) is 0 Å². The Bertz CT molecular complexity index is 915. The lowest BCUT2D eigenvalue weighted by Gasteiger charge is -2.27. The van der Waals surface area contributed by atoms with Crippen LogP contribution < -0.4 is 15.9 Å². The molecule has 0 amide bonds. The molecule has 0 saturated carbocycles. The molecule has 0 radical (unpaired) electrons. The van der Waals surface area contributed by atoms with Crippen molar-refractivity contribution in [3.8, 4) is 0 Å². The molecule has 0 aliphatic carbocycles. The molecule has 3 aromatic rings. The van der Waals surface area contributed by atoms with Crippen LogP contribution in [0.25, 0.3) is 0 Å². The summed E-state index contributed by atoms with van der Waals surface area (Å²) < 4.78 is 0. The van der Waals surface area contributed by atoms with Crippen LogP contribution in [-0.2, 0) is 0 Å². The first-order chi connectivity index (χ1) is 12.3. The van der Waals surface area contributed by atoms with E-state index in [0.29, 0.717) is 0 Å². The summed E-state index contributed by atoms with van der Waals surface area (Å²) in [4.78, 5) is 0. The van der Waals surface area contributed by atoms with Crippen molar-refractivity contribution in [3.05, 3.63) is 87.5 Å². The van der Waals surface area contributed by atoms with Crippen LogP contribution in [0.1, 0.15) is 38.9 Å². The molecular weight excluding hydrogens is 331 g/mol. The maximum Gasteiger partial charge on any atom is -0.0119 e. The molecule has 0 fully saturated rings. The van der Waals surface area contributed by atoms with Gasteiger partial charge in [-0.25, -0.2) is 0 Å². The summed E-state index contributed by atoms with van der Waals surface area (Å²) >= 11 is 0. The summed E-state index contributed by atoms with van der Waals surface area (Å²) in [6, 6.07) is 18.2. The highest BCUT2D eigenvalue weighted by atomic mass is 31.1. The van der Waals surface area contributed by atoms with Gasteiger partial charge in [0.05, 0.1) is 0 Å². The first kappa shape index (κ1) is 18.9. The topological polar surface area (TPSA) is 0 Å². The van der Waals surface area contributed by atoms with Crippen LogP contribution in [0.3, 0.4) is 0 Å². The summed E-state index contributed by atoms with van der Waals surface area (Å²) in [6.45, 7) is 15.8. The highest BCUT2D eigenvalue weighted by Crippen LogP contribution is 2.38. The van der Waals surface area contributed by atoms with Gasteiger partial charge in [0.15, 0.2) is 0 Å². The van der Waals surface area contributed by atoms with E-state index in [2.05, 4.69) is 97.0 Å². The van der Waals surface area contributed by atoms with Crippen LogP contribution in [0.15, 0.2) is 48.5 Å². The Morgan fingerprint density at radius 3 is 1.35 bits per heavy atom. The first-order valence-electron chi connectivity index (χ1n) is 9.32. The molecule has 1 heteroatoms. The van der Waals surface area contributed by atoms with Crippen LogP contribution in [0.4, 0.5) is 0 Å². The molecule has 0 unspecified atom stereocenters. The predicted molar refractivity (Wildman–Crippen MR) is 118 cm³/mol. The second kappa shape index (κ2) is 7.37. The molecule has 0 bridgehead atoms. The fraction of sp³-hybridized carbons (Fsp3) is 0.280. The third kappa shape index (κ3) is 3.24. The summed E-state index contributed by atoms with van der Waals surface area (Å²) in [5.41, 5.74) is 9.85. The average molecular weight is 360 g/mol. The van der Waals surface area contributed by atoms with Gasteiger partial charge in [0.1, 0.15) is 0 Å². The highest BCUT2D eigenvalue weighted by Gasteiger charge is 2.23. The minimum atomic E-state index is -0.569. The molecule has 0 aromatic heterocycles. The molecule has 0 aliphatic heterocycles. The van der Waals surface area contributed by atoms with Crippen LogP contribution in [0.2, 0.25) is 0 Å². The number of rotatable bonds is 3. The minimum Gasteiger partial charge on any atom is -0.0613 e. The van der Waals surface area contributed by atoms with Gasteiger partial charge in [0.25, 0.3) is 0 Å². The number of aryl methyl sites for hydroxylation is 3. The standard InChI is InChI=1S/C25H29P/c1-16-10-8-12-23(20(16)5)26(24-13-9-11-17(2)21(24)6)25-15-14-18(3)19(4)22(25)7/h8-15H,1-7H3. The van der Waals surface area contributed by atoms with Gasteiger partial charge in [-0.2, -0.15) is 0 Å². The summed E-state index contributed by atoms with van der Waals surface area (Å²) in [7, 11) is -0.569. The van der Waals surface area contributed by atoms with E-state index in [-0.39, 0.29) is 0 Å². The van der Waals surface area contributed by atoms with Gasteiger partial charge in [-0.1, -0.05) is 48.5 Å². The normalized spacial score (nSPS) is 11.2. The quantitative estimate of drug-likeness (QED) is 0.533. The SMILES string of the molecule is Cc1cccc(P(c2cccc(C)c2C)c2ccc(C)c(C)c2C)c1C. The fourth-order valence-electron chi connectivity index (χ4n) is 3.53. The second-order valence-corrected chi connectivity index (χ2v) is 9.54. The smallest absolute Gasteiger partial charge is 0.0119 e. The van der Waals surface area contributed by atoms with Gasteiger partial charge in [0.2, 0.25) is 0 Å². The molecule has 3 aromatic carbocycles. The molecule has 3 rings (SSSR count). The fourth-order valence-corrected chi connectivity index (χ4v) is 6.53. The lowest BCUT2D eigenvalue weighted by atomic mass is 10.1. The Morgan fingerprint density at radius 1 is 0.423 bits per heavy atom. The molecule has 134 valence electrons. The third-order valence-corrected chi connectivity index (χ3v) is 8.80. The average Bonchev–Trinajstić information content (AvgIpc) is 2.62. The Labute approximate surface area is 160 Å². The van der Waals surface area contributed by atoms with Crippen LogP contribution in [0.5, 0.6) is 0 Å². The van der Waals surface area contributed by atoms with Crippen molar-refractivity contribution in [3.63, 3.8) is 0 Å². The third-order valence-electron chi connectivity index (χ3n) is 5.90. The predicted octanol–water partition coefficient (Wildman–Crippen LogP) is 5.60. The van der Waals surface area contributed by atoms with Crippen molar-refractivity contribution < 1.29 is 0 Å². The maximum absolute atomic E-state index is 2.37. The monoisotopic (exact) mass is 360 g/mol. The molecule has 0 heterocycles. The largest absolute Gasteiger partial charge is 0.0613 e. The van der Waals surface area contributed by atoms with Crippen molar-refractivity contribution in [1.29, 1.82) is 0 Å². The zero-order valence-electron chi connectivity index (χ0n) is 17.1. The van der Waals surface area contributed by atoms with E-state index in [9.17, 15) is 0 Å². The van der Waals surface area contributed by atoms with Crippen molar-refractivity contribution in [2.45, 2.75) is 48.5 Å². The van der Waals surface area contributed by atoms with Gasteiger partial charge >= 0.3 is 0 Å². The van der Waals surface area contributed by atoms with Crippen LogP contribution in [-0.4, -0.2) is 0 Å².